The van der Waals surface area contributed by atoms with Crippen LogP contribution < -0.4 is 11.1 Å². The second kappa shape index (κ2) is 7.70. The van der Waals surface area contributed by atoms with Crippen molar-refractivity contribution in [3.05, 3.63) is 0 Å². The molecule has 0 unspecified atom stereocenters. The first-order valence-electron chi connectivity index (χ1n) is 7.76. The van der Waals surface area contributed by atoms with E-state index in [1.165, 1.54) is 38.8 Å². The molecule has 0 saturated carbocycles. The Hall–Kier alpha value is -0.810. The number of carbonyl (C=O) groups excluding carboxylic acids is 1. The number of likely N-dealkylation sites (tertiary alicyclic amines) is 2. The highest BCUT2D eigenvalue weighted by molar-refractivity contribution is 5.72. The van der Waals surface area contributed by atoms with Gasteiger partial charge in [-0.05, 0) is 38.8 Å². The standard InChI is InChI=1S/C14H28N4O/c15-14(19)18-10-5-13(6-11-18)16-7-12-17-8-3-1-2-4-9-17/h13,16H,1-12H2,(H2,15,19). The van der Waals surface area contributed by atoms with E-state index in [0.29, 0.717) is 6.04 Å². The van der Waals surface area contributed by atoms with Crippen LogP contribution in [0.5, 0.6) is 0 Å². The third-order valence-corrected chi connectivity index (χ3v) is 4.37. The van der Waals surface area contributed by atoms with Crippen molar-refractivity contribution in [1.29, 1.82) is 0 Å². The number of primary amides is 1. The van der Waals surface area contributed by atoms with Crippen molar-refractivity contribution in [2.75, 3.05) is 39.3 Å². The van der Waals surface area contributed by atoms with Crippen molar-refractivity contribution < 1.29 is 4.79 Å². The number of urea groups is 1. The van der Waals surface area contributed by atoms with E-state index in [0.717, 1.165) is 39.0 Å². The lowest BCUT2D eigenvalue weighted by atomic mass is 10.1. The average molecular weight is 268 g/mol. The molecule has 0 atom stereocenters. The molecule has 0 aromatic carbocycles. The second-order valence-electron chi connectivity index (χ2n) is 5.81. The van der Waals surface area contributed by atoms with Gasteiger partial charge in [-0.2, -0.15) is 0 Å². The fourth-order valence-corrected chi connectivity index (χ4v) is 3.09. The number of nitrogens with zero attached hydrogens (tertiary/aromatic N) is 2. The van der Waals surface area contributed by atoms with Crippen molar-refractivity contribution in [2.24, 2.45) is 5.73 Å². The van der Waals surface area contributed by atoms with Gasteiger partial charge < -0.3 is 20.9 Å². The largest absolute Gasteiger partial charge is 0.351 e. The van der Waals surface area contributed by atoms with Crippen LogP contribution in [0, 0.1) is 0 Å². The maximum atomic E-state index is 11.0. The van der Waals surface area contributed by atoms with Gasteiger partial charge in [0.1, 0.15) is 0 Å². The molecule has 0 aromatic heterocycles. The van der Waals surface area contributed by atoms with Crippen LogP contribution in [0.15, 0.2) is 0 Å². The van der Waals surface area contributed by atoms with Gasteiger partial charge in [0.2, 0.25) is 0 Å². The third kappa shape index (κ3) is 4.99. The number of rotatable bonds is 4. The SMILES string of the molecule is NC(=O)N1CCC(NCCN2CCCCCC2)CC1. The zero-order valence-electron chi connectivity index (χ0n) is 11.9. The molecule has 2 saturated heterocycles. The smallest absolute Gasteiger partial charge is 0.314 e. The number of carbonyl (C=O) groups is 1. The fourth-order valence-electron chi connectivity index (χ4n) is 3.09. The van der Waals surface area contributed by atoms with Gasteiger partial charge in [0.25, 0.3) is 0 Å². The molecule has 2 heterocycles. The quantitative estimate of drug-likeness (QED) is 0.799. The summed E-state index contributed by atoms with van der Waals surface area (Å²) in [5, 5.41) is 3.63. The molecule has 2 fully saturated rings. The van der Waals surface area contributed by atoms with Crippen LogP contribution in [0.25, 0.3) is 0 Å². The van der Waals surface area contributed by atoms with E-state index in [1.54, 1.807) is 4.90 Å². The molecule has 0 bridgehead atoms. The molecular weight excluding hydrogens is 240 g/mol. The molecule has 0 aromatic rings. The molecule has 2 rings (SSSR count). The van der Waals surface area contributed by atoms with Crippen molar-refractivity contribution in [2.45, 2.75) is 44.6 Å². The van der Waals surface area contributed by atoms with Crippen LogP contribution in [0.3, 0.4) is 0 Å². The molecule has 0 aliphatic carbocycles. The topological polar surface area (TPSA) is 61.6 Å². The van der Waals surface area contributed by atoms with Crippen molar-refractivity contribution in [3.8, 4) is 0 Å². The molecule has 2 aliphatic heterocycles. The summed E-state index contributed by atoms with van der Waals surface area (Å²) in [5.41, 5.74) is 5.28. The first kappa shape index (κ1) is 14.6. The molecule has 19 heavy (non-hydrogen) atoms. The molecule has 0 radical (unpaired) electrons. The summed E-state index contributed by atoms with van der Waals surface area (Å²) < 4.78 is 0. The van der Waals surface area contributed by atoms with Gasteiger partial charge in [-0.3, -0.25) is 0 Å². The van der Waals surface area contributed by atoms with Gasteiger partial charge in [-0.15, -0.1) is 0 Å². The van der Waals surface area contributed by atoms with Crippen LogP contribution in [-0.2, 0) is 0 Å². The summed E-state index contributed by atoms with van der Waals surface area (Å²) in [4.78, 5) is 15.4. The van der Waals surface area contributed by atoms with Gasteiger partial charge in [0.05, 0.1) is 0 Å². The highest BCUT2D eigenvalue weighted by Gasteiger charge is 2.20. The van der Waals surface area contributed by atoms with Gasteiger partial charge in [-0.1, -0.05) is 12.8 Å². The predicted molar refractivity (Wildman–Crippen MR) is 77.1 cm³/mol. The molecule has 3 N–H and O–H groups in total. The normalized spacial score (nSPS) is 23.3. The van der Waals surface area contributed by atoms with Crippen LogP contribution in [0.1, 0.15) is 38.5 Å². The molecule has 2 amide bonds. The van der Waals surface area contributed by atoms with E-state index >= 15 is 0 Å². The summed E-state index contributed by atoms with van der Waals surface area (Å²) in [5.74, 6) is 0. The van der Waals surface area contributed by atoms with E-state index in [2.05, 4.69) is 10.2 Å². The minimum absolute atomic E-state index is 0.275. The Morgan fingerprint density at radius 1 is 1.05 bits per heavy atom. The summed E-state index contributed by atoms with van der Waals surface area (Å²) in [7, 11) is 0. The zero-order valence-corrected chi connectivity index (χ0v) is 11.9. The maximum Gasteiger partial charge on any atom is 0.314 e. The third-order valence-electron chi connectivity index (χ3n) is 4.37. The molecule has 0 spiro atoms. The highest BCUT2D eigenvalue weighted by atomic mass is 16.2. The number of hydrogen-bond acceptors (Lipinski definition) is 3. The molecule has 2 aliphatic rings. The number of hydrogen-bond donors (Lipinski definition) is 2. The summed E-state index contributed by atoms with van der Waals surface area (Å²) in [6.45, 7) is 6.37. The van der Waals surface area contributed by atoms with Gasteiger partial charge >= 0.3 is 6.03 Å². The van der Waals surface area contributed by atoms with Crippen LogP contribution in [0.4, 0.5) is 4.79 Å². The minimum Gasteiger partial charge on any atom is -0.351 e. The van der Waals surface area contributed by atoms with E-state index in [1.807, 2.05) is 0 Å². The molecule has 5 nitrogen and oxygen atoms in total. The Bertz CT molecular complexity index is 269. The summed E-state index contributed by atoms with van der Waals surface area (Å²) in [6, 6.07) is 0.283. The monoisotopic (exact) mass is 268 g/mol. The van der Waals surface area contributed by atoms with Crippen molar-refractivity contribution >= 4 is 6.03 Å². The summed E-state index contributed by atoms with van der Waals surface area (Å²) in [6.07, 6.45) is 7.57. The maximum absolute atomic E-state index is 11.0. The van der Waals surface area contributed by atoms with Crippen LogP contribution >= 0.6 is 0 Å². The Balaban J connectivity index is 1.57. The van der Waals surface area contributed by atoms with Crippen LogP contribution in [0.2, 0.25) is 0 Å². The van der Waals surface area contributed by atoms with Crippen molar-refractivity contribution in [1.82, 2.24) is 15.1 Å². The number of nitrogens with two attached hydrogens (primary N) is 1. The fraction of sp³-hybridized carbons (Fsp3) is 0.929. The highest BCUT2D eigenvalue weighted by Crippen LogP contribution is 2.11. The first-order valence-corrected chi connectivity index (χ1v) is 7.76. The minimum atomic E-state index is -0.275. The lowest BCUT2D eigenvalue weighted by Gasteiger charge is -2.32. The zero-order chi connectivity index (χ0) is 13.5. The average Bonchev–Trinajstić information content (AvgIpc) is 2.68. The molecule has 5 heteroatoms. The second-order valence-corrected chi connectivity index (χ2v) is 5.81. The Morgan fingerprint density at radius 2 is 1.68 bits per heavy atom. The Kier molecular flexibility index (Phi) is 5.92. The Labute approximate surface area is 116 Å². The van der Waals surface area contributed by atoms with Gasteiger partial charge in [0.15, 0.2) is 0 Å². The number of amides is 2. The summed E-state index contributed by atoms with van der Waals surface area (Å²) >= 11 is 0. The predicted octanol–water partition coefficient (Wildman–Crippen LogP) is 0.995. The molecular formula is C14H28N4O. The molecule has 110 valence electrons. The number of piperidine rings is 1. The van der Waals surface area contributed by atoms with E-state index in [9.17, 15) is 4.79 Å². The van der Waals surface area contributed by atoms with E-state index < -0.39 is 0 Å². The van der Waals surface area contributed by atoms with Gasteiger partial charge in [0, 0.05) is 32.2 Å². The lowest BCUT2D eigenvalue weighted by molar-refractivity contribution is 0.183. The first-order chi connectivity index (χ1) is 9.25. The van der Waals surface area contributed by atoms with E-state index in [4.69, 9.17) is 5.73 Å². The number of nitrogens with one attached hydrogen (secondary N) is 1. The van der Waals surface area contributed by atoms with Crippen LogP contribution in [-0.4, -0.2) is 61.1 Å². The van der Waals surface area contributed by atoms with Gasteiger partial charge in [-0.25, -0.2) is 4.79 Å². The lowest BCUT2D eigenvalue weighted by Crippen LogP contribution is -2.48. The van der Waals surface area contributed by atoms with Crippen molar-refractivity contribution in [3.63, 3.8) is 0 Å². The Morgan fingerprint density at radius 3 is 2.26 bits per heavy atom. The van der Waals surface area contributed by atoms with E-state index in [-0.39, 0.29) is 6.03 Å².